The molecule has 0 spiro atoms. The fourth-order valence-electron chi connectivity index (χ4n) is 3.12. The summed E-state index contributed by atoms with van der Waals surface area (Å²) in [5.41, 5.74) is 1.19. The standard InChI is InChI=1S/C22H36N4O4/c1-5-29-20-14-17(10-11-19(20)28-4)8-6-12-23-22(25-16-21(27)26(2)3)24-15-18-9-7-13-30-18/h10-11,14,18H,5-9,12-13,15-16H2,1-4H3,(H2,23,24,25). The summed E-state index contributed by atoms with van der Waals surface area (Å²) in [6.45, 7) is 4.92. The molecule has 30 heavy (non-hydrogen) atoms. The number of aliphatic imine (C=N–C) groups is 1. The lowest BCUT2D eigenvalue weighted by molar-refractivity contribution is -0.127. The van der Waals surface area contributed by atoms with Crippen LogP contribution in [0.3, 0.4) is 0 Å². The Hall–Kier alpha value is -2.48. The second kappa shape index (κ2) is 13.0. The van der Waals surface area contributed by atoms with Gasteiger partial charge in [0.05, 0.1) is 19.8 Å². The van der Waals surface area contributed by atoms with E-state index in [0.29, 0.717) is 19.1 Å². The number of methoxy groups -OCH3 is 1. The molecule has 8 nitrogen and oxygen atoms in total. The zero-order valence-corrected chi connectivity index (χ0v) is 18.7. The largest absolute Gasteiger partial charge is 0.493 e. The molecule has 1 fully saturated rings. The third-order valence-corrected chi connectivity index (χ3v) is 4.85. The van der Waals surface area contributed by atoms with Crippen molar-refractivity contribution in [2.45, 2.75) is 38.7 Å². The molecule has 0 aromatic heterocycles. The van der Waals surface area contributed by atoms with E-state index >= 15 is 0 Å². The van der Waals surface area contributed by atoms with Crippen LogP contribution in [0.5, 0.6) is 11.5 Å². The van der Waals surface area contributed by atoms with Gasteiger partial charge in [0.1, 0.15) is 6.54 Å². The zero-order valence-electron chi connectivity index (χ0n) is 18.7. The number of rotatable bonds is 11. The van der Waals surface area contributed by atoms with E-state index < -0.39 is 0 Å². The van der Waals surface area contributed by atoms with Gasteiger partial charge >= 0.3 is 0 Å². The lowest BCUT2D eigenvalue weighted by atomic mass is 10.1. The Kier molecular flexibility index (Phi) is 10.3. The van der Waals surface area contributed by atoms with E-state index in [4.69, 9.17) is 14.2 Å². The average molecular weight is 421 g/mol. The molecule has 1 unspecified atom stereocenters. The number of nitrogens with one attached hydrogen (secondary N) is 2. The van der Waals surface area contributed by atoms with Crippen LogP contribution in [0.4, 0.5) is 0 Å². The number of likely N-dealkylation sites (N-methyl/N-ethyl adjacent to an activating group) is 1. The Morgan fingerprint density at radius 1 is 1.30 bits per heavy atom. The zero-order chi connectivity index (χ0) is 21.8. The number of aryl methyl sites for hydroxylation is 1. The first kappa shape index (κ1) is 23.8. The van der Waals surface area contributed by atoms with Gasteiger partial charge in [0.25, 0.3) is 0 Å². The van der Waals surface area contributed by atoms with Gasteiger partial charge in [0, 0.05) is 33.8 Å². The third kappa shape index (κ3) is 8.10. The van der Waals surface area contributed by atoms with Gasteiger partial charge in [-0.3, -0.25) is 4.79 Å². The maximum Gasteiger partial charge on any atom is 0.243 e. The first-order chi connectivity index (χ1) is 14.5. The van der Waals surface area contributed by atoms with E-state index in [1.165, 1.54) is 5.56 Å². The summed E-state index contributed by atoms with van der Waals surface area (Å²) in [5, 5.41) is 6.63. The summed E-state index contributed by atoms with van der Waals surface area (Å²) in [6, 6.07) is 6.03. The predicted molar refractivity (Wildman–Crippen MR) is 118 cm³/mol. The number of benzene rings is 1. The van der Waals surface area contributed by atoms with Crippen LogP contribution in [-0.2, 0) is 16.0 Å². The van der Waals surface area contributed by atoms with Crippen LogP contribution in [0.1, 0.15) is 31.7 Å². The first-order valence-electron chi connectivity index (χ1n) is 10.7. The normalized spacial score (nSPS) is 16.3. The maximum absolute atomic E-state index is 11.9. The van der Waals surface area contributed by atoms with Gasteiger partial charge in [-0.05, 0) is 50.3 Å². The molecule has 0 bridgehead atoms. The minimum absolute atomic E-state index is 0.0325. The van der Waals surface area contributed by atoms with Crippen molar-refractivity contribution in [2.75, 3.05) is 54.1 Å². The molecule has 8 heteroatoms. The van der Waals surface area contributed by atoms with Crippen molar-refractivity contribution in [1.82, 2.24) is 15.5 Å². The SMILES string of the molecule is CCOc1cc(CCCNC(=NCC(=O)N(C)C)NCC2CCCO2)ccc1OC. The summed E-state index contributed by atoms with van der Waals surface area (Å²) >= 11 is 0. The van der Waals surface area contributed by atoms with Crippen molar-refractivity contribution in [2.24, 2.45) is 4.99 Å². The van der Waals surface area contributed by atoms with Gasteiger partial charge < -0.3 is 29.7 Å². The summed E-state index contributed by atoms with van der Waals surface area (Å²) < 4.78 is 16.6. The molecule has 1 aromatic carbocycles. The van der Waals surface area contributed by atoms with E-state index in [-0.39, 0.29) is 18.6 Å². The number of hydrogen-bond donors (Lipinski definition) is 2. The first-order valence-corrected chi connectivity index (χ1v) is 10.7. The highest BCUT2D eigenvalue weighted by molar-refractivity contribution is 5.84. The Labute approximate surface area is 180 Å². The van der Waals surface area contributed by atoms with Gasteiger partial charge in [-0.25, -0.2) is 4.99 Å². The van der Waals surface area contributed by atoms with E-state index in [1.54, 1.807) is 26.1 Å². The highest BCUT2D eigenvalue weighted by atomic mass is 16.5. The quantitative estimate of drug-likeness (QED) is 0.323. The van der Waals surface area contributed by atoms with Crippen LogP contribution in [0.25, 0.3) is 0 Å². The number of ether oxygens (including phenoxy) is 3. The fraction of sp³-hybridized carbons (Fsp3) is 0.636. The molecule has 1 atom stereocenters. The van der Waals surface area contributed by atoms with Gasteiger partial charge in [0.15, 0.2) is 17.5 Å². The van der Waals surface area contributed by atoms with Crippen LogP contribution >= 0.6 is 0 Å². The molecule has 1 saturated heterocycles. The van der Waals surface area contributed by atoms with Gasteiger partial charge in [-0.15, -0.1) is 0 Å². The van der Waals surface area contributed by atoms with E-state index in [9.17, 15) is 4.79 Å². The third-order valence-electron chi connectivity index (χ3n) is 4.85. The number of carbonyl (C=O) groups excluding carboxylic acids is 1. The molecular formula is C22H36N4O4. The molecule has 0 radical (unpaired) electrons. The summed E-state index contributed by atoms with van der Waals surface area (Å²) in [6.07, 6.45) is 4.17. The van der Waals surface area contributed by atoms with Crippen LogP contribution in [-0.4, -0.2) is 76.9 Å². The molecule has 0 saturated carbocycles. The van der Waals surface area contributed by atoms with Crippen molar-refractivity contribution in [3.8, 4) is 11.5 Å². The minimum Gasteiger partial charge on any atom is -0.493 e. The van der Waals surface area contributed by atoms with Crippen LogP contribution in [0.2, 0.25) is 0 Å². The Morgan fingerprint density at radius 3 is 2.80 bits per heavy atom. The highest BCUT2D eigenvalue weighted by Crippen LogP contribution is 2.28. The lowest BCUT2D eigenvalue weighted by Crippen LogP contribution is -2.42. The lowest BCUT2D eigenvalue weighted by Gasteiger charge is -2.16. The molecule has 0 aliphatic carbocycles. The molecular weight excluding hydrogens is 384 g/mol. The summed E-state index contributed by atoms with van der Waals surface area (Å²) in [7, 11) is 5.11. The highest BCUT2D eigenvalue weighted by Gasteiger charge is 2.16. The van der Waals surface area contributed by atoms with Crippen LogP contribution in [0, 0.1) is 0 Å². The minimum atomic E-state index is -0.0325. The number of carbonyl (C=O) groups is 1. The van der Waals surface area contributed by atoms with Gasteiger partial charge in [-0.2, -0.15) is 0 Å². The van der Waals surface area contributed by atoms with Crippen LogP contribution in [0.15, 0.2) is 23.2 Å². The fourth-order valence-corrected chi connectivity index (χ4v) is 3.12. The van der Waals surface area contributed by atoms with Crippen molar-refractivity contribution in [3.63, 3.8) is 0 Å². The molecule has 2 N–H and O–H groups in total. The van der Waals surface area contributed by atoms with E-state index in [1.807, 2.05) is 19.1 Å². The Bertz CT molecular complexity index is 688. The molecule has 1 aliphatic heterocycles. The predicted octanol–water partition coefficient (Wildman–Crippen LogP) is 1.83. The average Bonchev–Trinajstić information content (AvgIpc) is 3.26. The summed E-state index contributed by atoms with van der Waals surface area (Å²) in [5.74, 6) is 2.13. The van der Waals surface area contributed by atoms with Crippen molar-refractivity contribution in [1.29, 1.82) is 0 Å². The van der Waals surface area contributed by atoms with Crippen molar-refractivity contribution < 1.29 is 19.0 Å². The Balaban J connectivity index is 1.85. The maximum atomic E-state index is 11.9. The smallest absolute Gasteiger partial charge is 0.243 e. The number of amides is 1. The van der Waals surface area contributed by atoms with Crippen molar-refractivity contribution >= 4 is 11.9 Å². The second-order valence-corrected chi connectivity index (χ2v) is 7.42. The topological polar surface area (TPSA) is 84.4 Å². The number of guanidine groups is 1. The Morgan fingerprint density at radius 2 is 2.13 bits per heavy atom. The molecule has 2 rings (SSSR count). The van der Waals surface area contributed by atoms with E-state index in [0.717, 1.165) is 50.3 Å². The molecule has 1 aromatic rings. The monoisotopic (exact) mass is 420 g/mol. The van der Waals surface area contributed by atoms with Crippen LogP contribution < -0.4 is 20.1 Å². The van der Waals surface area contributed by atoms with Crippen molar-refractivity contribution in [3.05, 3.63) is 23.8 Å². The molecule has 1 heterocycles. The van der Waals surface area contributed by atoms with E-state index in [2.05, 4.69) is 21.7 Å². The second-order valence-electron chi connectivity index (χ2n) is 7.42. The molecule has 1 aliphatic rings. The molecule has 168 valence electrons. The number of nitrogens with zero attached hydrogens (tertiary/aromatic N) is 2. The molecule has 1 amide bonds. The summed E-state index contributed by atoms with van der Waals surface area (Å²) in [4.78, 5) is 17.8. The van der Waals surface area contributed by atoms with Gasteiger partial charge in [0.2, 0.25) is 5.91 Å². The number of hydrogen-bond acceptors (Lipinski definition) is 5. The van der Waals surface area contributed by atoms with Gasteiger partial charge in [-0.1, -0.05) is 6.07 Å².